The summed E-state index contributed by atoms with van der Waals surface area (Å²) < 4.78 is 51.5. The lowest BCUT2D eigenvalue weighted by molar-refractivity contribution is -0.137. The molecule has 2 aliphatic rings. The smallest absolute Gasteiger partial charge is 0.417 e. The normalized spacial score (nSPS) is 17.5. The maximum atomic E-state index is 13.9. The minimum atomic E-state index is -4.81. The van der Waals surface area contributed by atoms with Crippen LogP contribution in [0.1, 0.15) is 22.4 Å². The van der Waals surface area contributed by atoms with Gasteiger partial charge in [0.05, 0.1) is 31.6 Å². The number of anilines is 1. The van der Waals surface area contributed by atoms with Crippen molar-refractivity contribution in [1.29, 1.82) is 5.41 Å². The fourth-order valence-corrected chi connectivity index (χ4v) is 4.13. The number of pyridine rings is 1. The van der Waals surface area contributed by atoms with Crippen LogP contribution >= 0.6 is 0 Å². The summed E-state index contributed by atoms with van der Waals surface area (Å²) in [4.78, 5) is 27.0. The number of rotatable bonds is 5. The molecule has 200 valence electrons. The number of methoxy groups -OCH3 is 1. The number of amidine groups is 2. The van der Waals surface area contributed by atoms with Crippen molar-refractivity contribution >= 4 is 23.6 Å². The van der Waals surface area contributed by atoms with Crippen molar-refractivity contribution in [3.8, 4) is 0 Å². The number of alkyl halides is 3. The number of nitrogens with zero attached hydrogens (tertiary/aromatic N) is 4. The average Bonchev–Trinajstić information content (AvgIpc) is 3.35. The van der Waals surface area contributed by atoms with Crippen molar-refractivity contribution in [2.24, 2.45) is 4.99 Å². The highest BCUT2D eigenvalue weighted by molar-refractivity contribution is 6.10. The van der Waals surface area contributed by atoms with Crippen molar-refractivity contribution in [3.05, 3.63) is 46.9 Å². The number of aromatic nitrogens is 2. The zero-order chi connectivity index (χ0) is 26.4. The highest BCUT2D eigenvalue weighted by Gasteiger charge is 2.36. The summed E-state index contributed by atoms with van der Waals surface area (Å²) in [6.45, 7) is 6.22. The first-order chi connectivity index (χ1) is 17.7. The molecule has 14 heteroatoms. The van der Waals surface area contributed by atoms with E-state index in [1.807, 2.05) is 17.2 Å². The third-order valence-corrected chi connectivity index (χ3v) is 6.01. The molecule has 4 N–H and O–H groups in total. The van der Waals surface area contributed by atoms with E-state index in [1.54, 1.807) is 0 Å². The predicted octanol–water partition coefficient (Wildman–Crippen LogP) is 2.12. The Bertz CT molecular complexity index is 1140. The highest BCUT2D eigenvalue weighted by Crippen LogP contribution is 2.33. The molecule has 2 aromatic rings. The number of aromatic amines is 1. The fraction of sp³-hybridized carbons (Fsp3) is 0.478. The van der Waals surface area contributed by atoms with Crippen LogP contribution in [0.4, 0.5) is 23.8 Å². The molecule has 2 fully saturated rings. The van der Waals surface area contributed by atoms with Crippen molar-refractivity contribution in [1.82, 2.24) is 25.1 Å². The van der Waals surface area contributed by atoms with Crippen LogP contribution in [0.3, 0.4) is 0 Å². The van der Waals surface area contributed by atoms with E-state index in [0.29, 0.717) is 43.9 Å². The Morgan fingerprint density at radius 2 is 1.97 bits per heavy atom. The van der Waals surface area contributed by atoms with Gasteiger partial charge in [-0.1, -0.05) is 0 Å². The maximum Gasteiger partial charge on any atom is 0.417 e. The number of hydrogen-bond acceptors (Lipinski definition) is 7. The summed E-state index contributed by atoms with van der Waals surface area (Å²) in [6, 6.07) is 2.57. The molecule has 11 nitrogen and oxygen atoms in total. The minimum absolute atomic E-state index is 0.352. The molecule has 0 bridgehead atoms. The molecular weight excluding hydrogens is 493 g/mol. The molecule has 1 amide bonds. The molecule has 0 aliphatic carbocycles. The standard InChI is InChI=1S/C23H29F3N8O3/c1-36-22(35)31-19-11-17(23(24,25)26)16(13-30-19)20(27)32-21(34-6-8-37-9-7-34)18-10-15(12-29-18)14-33-4-2-28-3-5-33/h10-13,27-29H,2-9,14H2,1H3,(H,30,31,35). The van der Waals surface area contributed by atoms with Crippen LogP contribution in [0.5, 0.6) is 0 Å². The van der Waals surface area contributed by atoms with E-state index in [1.165, 1.54) is 0 Å². The van der Waals surface area contributed by atoms with Crippen LogP contribution in [-0.2, 0) is 22.2 Å². The number of H-pyrrole nitrogens is 1. The van der Waals surface area contributed by atoms with Crippen molar-refractivity contribution < 1.29 is 27.4 Å². The summed E-state index contributed by atoms with van der Waals surface area (Å²) in [5.41, 5.74) is -0.0429. The molecule has 0 unspecified atom stereocenters. The van der Waals surface area contributed by atoms with Gasteiger partial charge in [-0.05, 0) is 17.7 Å². The molecule has 0 atom stereocenters. The second-order valence-electron chi connectivity index (χ2n) is 8.56. The fourth-order valence-electron chi connectivity index (χ4n) is 4.13. The van der Waals surface area contributed by atoms with Gasteiger partial charge < -0.3 is 24.7 Å². The first-order valence-corrected chi connectivity index (χ1v) is 11.8. The molecule has 2 aliphatic heterocycles. The Balaban J connectivity index is 1.65. The largest absolute Gasteiger partial charge is 0.453 e. The van der Waals surface area contributed by atoms with E-state index < -0.39 is 29.2 Å². The summed E-state index contributed by atoms with van der Waals surface area (Å²) in [7, 11) is 1.09. The van der Waals surface area contributed by atoms with Gasteiger partial charge in [-0.25, -0.2) is 14.8 Å². The lowest BCUT2D eigenvalue weighted by atomic mass is 10.1. The molecule has 0 aromatic carbocycles. The summed E-state index contributed by atoms with van der Waals surface area (Å²) in [5, 5.41) is 13.9. The number of piperazine rings is 1. The van der Waals surface area contributed by atoms with Gasteiger partial charge in [-0.3, -0.25) is 15.6 Å². The van der Waals surface area contributed by atoms with Crippen molar-refractivity contribution in [2.75, 3.05) is 64.9 Å². The number of halogens is 3. The molecule has 4 rings (SSSR count). The monoisotopic (exact) mass is 522 g/mol. The van der Waals surface area contributed by atoms with Crippen molar-refractivity contribution in [2.45, 2.75) is 12.7 Å². The molecule has 0 radical (unpaired) electrons. The summed E-state index contributed by atoms with van der Waals surface area (Å²) in [5.74, 6) is -0.607. The van der Waals surface area contributed by atoms with E-state index in [0.717, 1.165) is 51.6 Å². The first-order valence-electron chi connectivity index (χ1n) is 11.8. The Morgan fingerprint density at radius 1 is 1.24 bits per heavy atom. The van der Waals surface area contributed by atoms with E-state index in [9.17, 15) is 18.0 Å². The van der Waals surface area contributed by atoms with Crippen LogP contribution in [-0.4, -0.2) is 97.1 Å². The number of nitrogens with one attached hydrogen (secondary N) is 4. The quantitative estimate of drug-likeness (QED) is 0.350. The predicted molar refractivity (Wildman–Crippen MR) is 130 cm³/mol. The number of carbonyl (C=O) groups excluding carboxylic acids is 1. The number of morpholine rings is 1. The minimum Gasteiger partial charge on any atom is -0.453 e. The van der Waals surface area contributed by atoms with Gasteiger partial charge in [0.25, 0.3) is 0 Å². The number of ether oxygens (including phenoxy) is 2. The summed E-state index contributed by atoms with van der Waals surface area (Å²) >= 11 is 0. The van der Waals surface area contributed by atoms with Crippen LogP contribution < -0.4 is 10.6 Å². The lowest BCUT2D eigenvalue weighted by Gasteiger charge is -2.29. The van der Waals surface area contributed by atoms with Gasteiger partial charge in [0, 0.05) is 63.8 Å². The van der Waals surface area contributed by atoms with Crippen LogP contribution in [0.15, 0.2) is 29.5 Å². The van der Waals surface area contributed by atoms with E-state index in [4.69, 9.17) is 10.1 Å². The number of hydrogen-bond donors (Lipinski definition) is 4. The van der Waals surface area contributed by atoms with Gasteiger partial charge in [0.1, 0.15) is 5.82 Å². The summed E-state index contributed by atoms with van der Waals surface area (Å²) in [6.07, 6.45) is -3.04. The van der Waals surface area contributed by atoms with Crippen LogP contribution in [0.2, 0.25) is 0 Å². The maximum absolute atomic E-state index is 13.9. The Morgan fingerprint density at radius 3 is 2.65 bits per heavy atom. The SMILES string of the molecule is COC(=O)Nc1cc(C(F)(F)F)c(C(=N)N=C(c2cc(CN3CCNCC3)c[nH]2)N2CCOCC2)cn1. The van der Waals surface area contributed by atoms with Gasteiger partial charge in [0.15, 0.2) is 11.7 Å². The Kier molecular flexibility index (Phi) is 8.41. The molecule has 2 saturated heterocycles. The third kappa shape index (κ3) is 6.84. The van der Waals surface area contributed by atoms with Gasteiger partial charge in [-0.15, -0.1) is 0 Å². The topological polar surface area (TPSA) is 131 Å². The molecule has 4 heterocycles. The molecule has 37 heavy (non-hydrogen) atoms. The van der Waals surface area contributed by atoms with Crippen molar-refractivity contribution in [3.63, 3.8) is 0 Å². The third-order valence-electron chi connectivity index (χ3n) is 6.01. The van der Waals surface area contributed by atoms with Gasteiger partial charge in [0.2, 0.25) is 0 Å². The average molecular weight is 523 g/mol. The molecule has 0 saturated carbocycles. The Labute approximate surface area is 211 Å². The second kappa shape index (κ2) is 11.7. The molecular formula is C23H29F3N8O3. The first kappa shape index (κ1) is 26.6. The van der Waals surface area contributed by atoms with Crippen LogP contribution in [0.25, 0.3) is 0 Å². The van der Waals surface area contributed by atoms with E-state index >= 15 is 0 Å². The van der Waals surface area contributed by atoms with Crippen LogP contribution in [0, 0.1) is 5.41 Å². The van der Waals surface area contributed by atoms with Gasteiger partial charge in [-0.2, -0.15) is 13.2 Å². The zero-order valence-electron chi connectivity index (χ0n) is 20.3. The number of carbonyl (C=O) groups is 1. The van der Waals surface area contributed by atoms with E-state index in [2.05, 4.69) is 35.2 Å². The molecule has 2 aromatic heterocycles. The number of aliphatic imine (C=N–C) groups is 1. The van der Waals surface area contributed by atoms with E-state index in [-0.39, 0.29) is 5.82 Å². The number of amides is 1. The zero-order valence-corrected chi connectivity index (χ0v) is 20.3. The second-order valence-corrected chi connectivity index (χ2v) is 8.56. The lowest BCUT2D eigenvalue weighted by Crippen LogP contribution is -2.42. The molecule has 0 spiro atoms. The van der Waals surface area contributed by atoms with Gasteiger partial charge >= 0.3 is 12.3 Å². The Hall–Kier alpha value is -3.49. The highest BCUT2D eigenvalue weighted by atomic mass is 19.4.